The highest BCUT2D eigenvalue weighted by Crippen LogP contribution is 2.35. The van der Waals surface area contributed by atoms with E-state index >= 15 is 0 Å². The van der Waals surface area contributed by atoms with E-state index in [2.05, 4.69) is 0 Å². The van der Waals surface area contributed by atoms with E-state index in [0.29, 0.717) is 18.3 Å². The third-order valence-electron chi connectivity index (χ3n) is 2.35. The third-order valence-corrected chi connectivity index (χ3v) is 2.35. The Kier molecular flexibility index (Phi) is 2.28. The number of carboxylic acids is 1. The number of aromatic carboxylic acids is 1. The van der Waals surface area contributed by atoms with Crippen LogP contribution in [0, 0.1) is 0 Å². The summed E-state index contributed by atoms with van der Waals surface area (Å²) in [6, 6.07) is 2.92. The standard InChI is InChI=1S/C9H9BO5/c11-6-2-1-5-3-4-10(14)15-8(5)7(6)9(12)13/h1-2,11,14H,3-4H2,(H,12,13). The van der Waals surface area contributed by atoms with Crippen molar-refractivity contribution in [3.63, 3.8) is 0 Å². The van der Waals surface area contributed by atoms with E-state index in [1.807, 2.05) is 0 Å². The number of hydrogen-bond acceptors (Lipinski definition) is 4. The number of benzene rings is 1. The molecule has 1 heterocycles. The molecule has 15 heavy (non-hydrogen) atoms. The van der Waals surface area contributed by atoms with Gasteiger partial charge in [-0.15, -0.1) is 0 Å². The number of carbonyl (C=O) groups is 1. The molecule has 1 aromatic carbocycles. The summed E-state index contributed by atoms with van der Waals surface area (Å²) in [5, 5.41) is 27.5. The van der Waals surface area contributed by atoms with Gasteiger partial charge in [0.2, 0.25) is 0 Å². The van der Waals surface area contributed by atoms with Crippen molar-refractivity contribution >= 4 is 13.1 Å². The molecule has 0 aromatic heterocycles. The molecule has 1 aromatic rings. The largest absolute Gasteiger partial charge is 0.535 e. The SMILES string of the molecule is O=C(O)c1c(O)ccc2c1OB(O)CC2. The molecule has 6 heteroatoms. The Morgan fingerprint density at radius 3 is 2.87 bits per heavy atom. The Labute approximate surface area is 86.1 Å². The van der Waals surface area contributed by atoms with Crippen LogP contribution in [0.15, 0.2) is 12.1 Å². The molecule has 1 aliphatic rings. The third kappa shape index (κ3) is 1.63. The second kappa shape index (κ2) is 3.47. The Bertz CT molecular complexity index is 417. The van der Waals surface area contributed by atoms with Gasteiger partial charge in [-0.05, 0) is 24.4 Å². The van der Waals surface area contributed by atoms with Gasteiger partial charge in [-0.1, -0.05) is 6.07 Å². The lowest BCUT2D eigenvalue weighted by molar-refractivity contribution is 0.0691. The van der Waals surface area contributed by atoms with Crippen LogP contribution in [0.4, 0.5) is 0 Å². The summed E-state index contributed by atoms with van der Waals surface area (Å²) in [5.74, 6) is -1.55. The number of phenols is 1. The van der Waals surface area contributed by atoms with Crippen molar-refractivity contribution < 1.29 is 24.7 Å². The van der Waals surface area contributed by atoms with Gasteiger partial charge in [0.25, 0.3) is 0 Å². The molecule has 5 nitrogen and oxygen atoms in total. The first-order valence-corrected chi connectivity index (χ1v) is 4.52. The highest BCUT2D eigenvalue weighted by Gasteiger charge is 2.29. The van der Waals surface area contributed by atoms with E-state index in [-0.39, 0.29) is 17.1 Å². The van der Waals surface area contributed by atoms with Crippen LogP contribution in [0.1, 0.15) is 15.9 Å². The maximum absolute atomic E-state index is 10.9. The summed E-state index contributed by atoms with van der Waals surface area (Å²) in [4.78, 5) is 10.9. The minimum Gasteiger partial charge on any atom is -0.535 e. The second-order valence-electron chi connectivity index (χ2n) is 3.36. The molecular weight excluding hydrogens is 199 g/mol. The molecule has 0 atom stereocenters. The van der Waals surface area contributed by atoms with Crippen LogP contribution in [0.25, 0.3) is 0 Å². The predicted octanol–water partition coefficient (Wildman–Crippen LogP) is 0.506. The molecule has 0 aliphatic carbocycles. The van der Waals surface area contributed by atoms with E-state index < -0.39 is 13.1 Å². The van der Waals surface area contributed by atoms with Crippen LogP contribution >= 0.6 is 0 Å². The van der Waals surface area contributed by atoms with Gasteiger partial charge in [0.15, 0.2) is 0 Å². The summed E-state index contributed by atoms with van der Waals surface area (Å²) < 4.78 is 5.02. The molecule has 0 radical (unpaired) electrons. The van der Waals surface area contributed by atoms with E-state index in [1.54, 1.807) is 6.07 Å². The van der Waals surface area contributed by atoms with Crippen molar-refractivity contribution in [1.29, 1.82) is 0 Å². The molecule has 0 saturated carbocycles. The summed E-state index contributed by atoms with van der Waals surface area (Å²) >= 11 is 0. The van der Waals surface area contributed by atoms with Gasteiger partial charge in [-0.3, -0.25) is 0 Å². The predicted molar refractivity (Wildman–Crippen MR) is 52.2 cm³/mol. The lowest BCUT2D eigenvalue weighted by atomic mass is 9.78. The Hall–Kier alpha value is -1.69. The fourth-order valence-corrected chi connectivity index (χ4v) is 1.63. The van der Waals surface area contributed by atoms with Gasteiger partial charge in [0.1, 0.15) is 17.1 Å². The summed E-state index contributed by atoms with van der Waals surface area (Å²) in [6.07, 6.45) is 0.966. The van der Waals surface area contributed by atoms with Crippen molar-refractivity contribution in [3.05, 3.63) is 23.3 Å². The van der Waals surface area contributed by atoms with E-state index in [9.17, 15) is 14.9 Å². The molecule has 3 N–H and O–H groups in total. The number of aromatic hydroxyl groups is 1. The van der Waals surface area contributed by atoms with Crippen molar-refractivity contribution in [2.45, 2.75) is 12.7 Å². The maximum Gasteiger partial charge on any atom is 0.522 e. The van der Waals surface area contributed by atoms with Gasteiger partial charge >= 0.3 is 13.1 Å². The number of rotatable bonds is 1. The monoisotopic (exact) mass is 208 g/mol. The highest BCUT2D eigenvalue weighted by molar-refractivity contribution is 6.44. The fourth-order valence-electron chi connectivity index (χ4n) is 1.63. The zero-order valence-electron chi connectivity index (χ0n) is 7.80. The average molecular weight is 208 g/mol. The normalized spacial score (nSPS) is 14.3. The number of carboxylic acid groups (broad SMARTS) is 1. The van der Waals surface area contributed by atoms with Crippen molar-refractivity contribution in [1.82, 2.24) is 0 Å². The van der Waals surface area contributed by atoms with Gasteiger partial charge < -0.3 is 19.9 Å². The van der Waals surface area contributed by atoms with Crippen LogP contribution in [0.2, 0.25) is 6.32 Å². The van der Waals surface area contributed by atoms with E-state index in [4.69, 9.17) is 9.76 Å². The molecule has 0 spiro atoms. The van der Waals surface area contributed by atoms with Crippen LogP contribution in [0.5, 0.6) is 11.5 Å². The molecular formula is C9H9BO5. The summed E-state index contributed by atoms with van der Waals surface area (Å²) in [5.41, 5.74) is 0.404. The van der Waals surface area contributed by atoms with Crippen LogP contribution in [-0.2, 0) is 6.42 Å². The zero-order chi connectivity index (χ0) is 11.0. The number of fused-ring (bicyclic) bond motifs is 1. The molecule has 0 unspecified atom stereocenters. The minimum atomic E-state index is -1.27. The van der Waals surface area contributed by atoms with Gasteiger partial charge in [0, 0.05) is 0 Å². The Balaban J connectivity index is 2.57. The second-order valence-corrected chi connectivity index (χ2v) is 3.36. The minimum absolute atomic E-state index is 0.0706. The molecule has 0 bridgehead atoms. The molecule has 0 saturated heterocycles. The average Bonchev–Trinajstić information content (AvgIpc) is 2.16. The van der Waals surface area contributed by atoms with Crippen LogP contribution in [0.3, 0.4) is 0 Å². The summed E-state index contributed by atoms with van der Waals surface area (Å²) in [6.45, 7) is 0. The van der Waals surface area contributed by atoms with Crippen molar-refractivity contribution in [2.24, 2.45) is 0 Å². The first-order valence-electron chi connectivity index (χ1n) is 4.52. The van der Waals surface area contributed by atoms with Gasteiger partial charge in [-0.25, -0.2) is 4.79 Å². The fraction of sp³-hybridized carbons (Fsp3) is 0.222. The topological polar surface area (TPSA) is 87.0 Å². The number of hydrogen-bond donors (Lipinski definition) is 3. The maximum atomic E-state index is 10.9. The Morgan fingerprint density at radius 1 is 1.47 bits per heavy atom. The summed E-state index contributed by atoms with van der Waals surface area (Å²) in [7, 11) is -1.00. The first-order chi connectivity index (χ1) is 7.09. The molecule has 2 rings (SSSR count). The van der Waals surface area contributed by atoms with Crippen LogP contribution < -0.4 is 4.65 Å². The van der Waals surface area contributed by atoms with E-state index in [0.717, 1.165) is 0 Å². The lowest BCUT2D eigenvalue weighted by Crippen LogP contribution is -2.27. The molecule has 1 aliphatic heterocycles. The quantitative estimate of drug-likeness (QED) is 0.585. The van der Waals surface area contributed by atoms with Crippen LogP contribution in [-0.4, -0.2) is 28.3 Å². The molecule has 0 fully saturated rings. The van der Waals surface area contributed by atoms with Gasteiger partial charge in [-0.2, -0.15) is 0 Å². The highest BCUT2D eigenvalue weighted by atomic mass is 16.5. The first kappa shape index (κ1) is 9.85. The molecule has 0 amide bonds. The molecule has 78 valence electrons. The Morgan fingerprint density at radius 2 is 2.20 bits per heavy atom. The zero-order valence-corrected chi connectivity index (χ0v) is 7.80. The number of aryl methyl sites for hydroxylation is 1. The van der Waals surface area contributed by atoms with Crippen molar-refractivity contribution in [2.75, 3.05) is 0 Å². The van der Waals surface area contributed by atoms with Gasteiger partial charge in [0.05, 0.1) is 0 Å². The lowest BCUT2D eigenvalue weighted by Gasteiger charge is -2.21. The van der Waals surface area contributed by atoms with Crippen molar-refractivity contribution in [3.8, 4) is 11.5 Å². The van der Waals surface area contributed by atoms with E-state index in [1.165, 1.54) is 6.07 Å². The smallest absolute Gasteiger partial charge is 0.522 e.